The molecule has 0 aromatic heterocycles. The van der Waals surface area contributed by atoms with Crippen LogP contribution in [0, 0.1) is 5.82 Å². The molecule has 1 rings (SSSR count). The molecule has 8 heteroatoms. The molecule has 0 fully saturated rings. The molecule has 1 aromatic carbocycles. The van der Waals surface area contributed by atoms with E-state index in [9.17, 15) is 13.2 Å². The minimum atomic E-state index is -3.02. The van der Waals surface area contributed by atoms with Gasteiger partial charge in [-0.3, -0.25) is 0 Å². The van der Waals surface area contributed by atoms with Crippen molar-refractivity contribution >= 4 is 29.9 Å². The number of rotatable bonds is 9. The number of ether oxygens (including phenoxy) is 1. The van der Waals surface area contributed by atoms with Crippen LogP contribution in [0.4, 0.5) is 13.2 Å². The summed E-state index contributed by atoms with van der Waals surface area (Å²) < 4.78 is 42.5. The lowest BCUT2D eigenvalue weighted by Gasteiger charge is -2.10. The molecule has 0 saturated carbocycles. The minimum absolute atomic E-state index is 0. The second-order valence-corrected chi connectivity index (χ2v) is 4.78. The predicted molar refractivity (Wildman–Crippen MR) is 95.9 cm³/mol. The average molecular weight is 445 g/mol. The van der Waals surface area contributed by atoms with Gasteiger partial charge in [-0.1, -0.05) is 32.3 Å². The summed E-state index contributed by atoms with van der Waals surface area (Å²) in [6.45, 7) is -0.384. The molecule has 3 N–H and O–H groups in total. The highest BCUT2D eigenvalue weighted by molar-refractivity contribution is 14.0. The molecule has 0 bridgehead atoms. The van der Waals surface area contributed by atoms with Gasteiger partial charge in [-0.05, 0) is 18.6 Å². The summed E-state index contributed by atoms with van der Waals surface area (Å²) in [5, 5.41) is 2.91. The molecule has 4 nitrogen and oxygen atoms in total. The number of nitrogens with two attached hydrogens (primary N) is 1. The minimum Gasteiger partial charge on any atom is -0.434 e. The molecule has 0 saturated heterocycles. The maximum Gasteiger partial charge on any atom is 0.387 e. The van der Waals surface area contributed by atoms with E-state index in [0.717, 1.165) is 31.7 Å². The van der Waals surface area contributed by atoms with Crippen molar-refractivity contribution in [1.82, 2.24) is 5.32 Å². The zero-order chi connectivity index (χ0) is 16.4. The largest absolute Gasteiger partial charge is 0.434 e. The van der Waals surface area contributed by atoms with E-state index in [0.29, 0.717) is 6.54 Å². The fourth-order valence-electron chi connectivity index (χ4n) is 1.89. The normalized spacial score (nSPS) is 11.3. The van der Waals surface area contributed by atoms with Gasteiger partial charge < -0.3 is 15.8 Å². The molecule has 0 radical (unpaired) electrons. The summed E-state index contributed by atoms with van der Waals surface area (Å²) in [4.78, 5) is 3.96. The van der Waals surface area contributed by atoms with Crippen LogP contribution in [0.15, 0.2) is 23.2 Å². The first-order valence-electron chi connectivity index (χ1n) is 7.30. The first-order chi connectivity index (χ1) is 10.5. The van der Waals surface area contributed by atoms with Crippen LogP contribution in [0.3, 0.4) is 0 Å². The lowest BCUT2D eigenvalue weighted by molar-refractivity contribution is -0.0506. The number of hydrogen-bond donors (Lipinski definition) is 2. The van der Waals surface area contributed by atoms with E-state index in [1.165, 1.54) is 12.1 Å². The third-order valence-electron chi connectivity index (χ3n) is 3.04. The molecule has 0 aliphatic heterocycles. The van der Waals surface area contributed by atoms with Crippen LogP contribution in [0.25, 0.3) is 0 Å². The molecular weight excluding hydrogens is 422 g/mol. The molecule has 0 atom stereocenters. The van der Waals surface area contributed by atoms with Gasteiger partial charge in [0.2, 0.25) is 0 Å². The van der Waals surface area contributed by atoms with Gasteiger partial charge in [-0.15, -0.1) is 24.0 Å². The van der Waals surface area contributed by atoms with Gasteiger partial charge in [0.15, 0.2) is 5.96 Å². The Labute approximate surface area is 151 Å². The van der Waals surface area contributed by atoms with Crippen molar-refractivity contribution in [2.45, 2.75) is 45.8 Å². The van der Waals surface area contributed by atoms with Crippen LogP contribution in [0.5, 0.6) is 5.75 Å². The highest BCUT2D eigenvalue weighted by atomic mass is 127. The number of alkyl halides is 2. The van der Waals surface area contributed by atoms with E-state index in [4.69, 9.17) is 5.73 Å². The Morgan fingerprint density at radius 3 is 2.70 bits per heavy atom. The zero-order valence-electron chi connectivity index (χ0n) is 13.0. The highest BCUT2D eigenvalue weighted by Crippen LogP contribution is 2.24. The number of halogens is 4. The lowest BCUT2D eigenvalue weighted by Crippen LogP contribution is -2.32. The first kappa shape index (κ1) is 21.8. The Hall–Kier alpha value is -1.19. The molecule has 0 heterocycles. The number of unbranched alkanes of at least 4 members (excludes halogenated alkanes) is 3. The van der Waals surface area contributed by atoms with Crippen LogP contribution in [0.2, 0.25) is 0 Å². The molecule has 0 spiro atoms. The third-order valence-corrected chi connectivity index (χ3v) is 3.04. The number of hydrogen-bond acceptors (Lipinski definition) is 2. The van der Waals surface area contributed by atoms with Crippen molar-refractivity contribution in [2.24, 2.45) is 10.7 Å². The summed E-state index contributed by atoms with van der Waals surface area (Å²) in [5.74, 6) is -0.727. The van der Waals surface area contributed by atoms with Gasteiger partial charge in [-0.2, -0.15) is 8.78 Å². The van der Waals surface area contributed by atoms with Crippen molar-refractivity contribution in [3.05, 3.63) is 29.6 Å². The van der Waals surface area contributed by atoms with Crippen LogP contribution in [-0.4, -0.2) is 19.1 Å². The fourth-order valence-corrected chi connectivity index (χ4v) is 1.89. The smallest absolute Gasteiger partial charge is 0.387 e. The molecule has 132 valence electrons. The Balaban J connectivity index is 0.00000484. The zero-order valence-corrected chi connectivity index (χ0v) is 15.4. The number of benzene rings is 1. The molecule has 0 aliphatic carbocycles. The summed E-state index contributed by atoms with van der Waals surface area (Å²) in [5.41, 5.74) is 5.62. The first-order valence-corrected chi connectivity index (χ1v) is 7.30. The highest BCUT2D eigenvalue weighted by Gasteiger charge is 2.13. The van der Waals surface area contributed by atoms with Crippen molar-refractivity contribution in [1.29, 1.82) is 0 Å². The summed E-state index contributed by atoms with van der Waals surface area (Å²) in [7, 11) is 0. The molecule has 23 heavy (non-hydrogen) atoms. The van der Waals surface area contributed by atoms with Crippen LogP contribution >= 0.6 is 24.0 Å². The quantitative estimate of drug-likeness (QED) is 0.261. The topological polar surface area (TPSA) is 59.6 Å². The van der Waals surface area contributed by atoms with Crippen molar-refractivity contribution in [3.63, 3.8) is 0 Å². The molecular formula is C15H23F3IN3O. The fraction of sp³-hybridized carbons (Fsp3) is 0.533. The Morgan fingerprint density at radius 1 is 1.30 bits per heavy atom. The van der Waals surface area contributed by atoms with Crippen molar-refractivity contribution < 1.29 is 17.9 Å². The number of nitrogens with zero attached hydrogens (tertiary/aromatic N) is 1. The molecule has 0 unspecified atom stereocenters. The Kier molecular flexibility index (Phi) is 11.6. The maximum absolute atomic E-state index is 13.7. The molecule has 1 aromatic rings. The van der Waals surface area contributed by atoms with Crippen LogP contribution < -0.4 is 15.8 Å². The molecule has 0 amide bonds. The second kappa shape index (κ2) is 12.3. The van der Waals surface area contributed by atoms with E-state index in [2.05, 4.69) is 22.0 Å². The summed E-state index contributed by atoms with van der Waals surface area (Å²) >= 11 is 0. The van der Waals surface area contributed by atoms with Gasteiger partial charge in [0.25, 0.3) is 0 Å². The SMILES string of the molecule is CCCCCCNC(N)=NCc1c(F)cccc1OC(F)F.I. The van der Waals surface area contributed by atoms with Crippen molar-refractivity contribution in [3.8, 4) is 5.75 Å². The van der Waals surface area contributed by atoms with E-state index in [1.54, 1.807) is 0 Å². The monoisotopic (exact) mass is 445 g/mol. The van der Waals surface area contributed by atoms with E-state index in [-0.39, 0.29) is 47.8 Å². The summed E-state index contributed by atoms with van der Waals surface area (Å²) in [6, 6.07) is 3.74. The average Bonchev–Trinajstić information content (AvgIpc) is 2.46. The second-order valence-electron chi connectivity index (χ2n) is 4.78. The Morgan fingerprint density at radius 2 is 2.04 bits per heavy atom. The van der Waals surface area contributed by atoms with Crippen molar-refractivity contribution in [2.75, 3.05) is 6.54 Å². The Bertz CT molecular complexity index is 487. The standard InChI is InChI=1S/C15H22F3N3O.HI/c1-2-3-4-5-9-20-15(19)21-10-11-12(16)7-6-8-13(11)22-14(17)18;/h6-8,14H,2-5,9-10H2,1H3,(H3,19,20,21);1H. The van der Waals surface area contributed by atoms with Crippen LogP contribution in [0.1, 0.15) is 38.2 Å². The third kappa shape index (κ3) is 8.87. The number of aliphatic imine (C=N–C) groups is 1. The van der Waals surface area contributed by atoms with E-state index in [1.807, 2.05) is 0 Å². The predicted octanol–water partition coefficient (Wildman–Crippen LogP) is 4.03. The number of guanidine groups is 1. The van der Waals surface area contributed by atoms with Gasteiger partial charge in [0, 0.05) is 6.54 Å². The van der Waals surface area contributed by atoms with Gasteiger partial charge in [-0.25, -0.2) is 9.38 Å². The van der Waals surface area contributed by atoms with Crippen LogP contribution in [-0.2, 0) is 6.54 Å². The van der Waals surface area contributed by atoms with Gasteiger partial charge in [0.1, 0.15) is 11.6 Å². The summed E-state index contributed by atoms with van der Waals surface area (Å²) in [6.07, 6.45) is 4.35. The molecule has 0 aliphatic rings. The van der Waals surface area contributed by atoms with Gasteiger partial charge >= 0.3 is 6.61 Å². The maximum atomic E-state index is 13.7. The van der Waals surface area contributed by atoms with E-state index >= 15 is 0 Å². The van der Waals surface area contributed by atoms with Gasteiger partial charge in [0.05, 0.1) is 12.1 Å². The number of nitrogens with one attached hydrogen (secondary N) is 1. The van der Waals surface area contributed by atoms with E-state index < -0.39 is 12.4 Å². The lowest BCUT2D eigenvalue weighted by atomic mass is 10.2.